The third-order valence-corrected chi connectivity index (χ3v) is 2.40. The van der Waals surface area contributed by atoms with Gasteiger partial charge < -0.3 is 14.9 Å². The van der Waals surface area contributed by atoms with Crippen molar-refractivity contribution in [1.29, 1.82) is 0 Å². The maximum absolute atomic E-state index is 11.7. The molecule has 0 saturated carbocycles. The summed E-state index contributed by atoms with van der Waals surface area (Å²) in [5.74, 6) is -0.726. The van der Waals surface area contributed by atoms with Crippen LogP contribution in [0.2, 0.25) is 0 Å². The van der Waals surface area contributed by atoms with E-state index in [9.17, 15) is 15.0 Å². The maximum atomic E-state index is 11.7. The molecule has 0 spiro atoms. The van der Waals surface area contributed by atoms with Gasteiger partial charge in [-0.2, -0.15) is 0 Å². The van der Waals surface area contributed by atoms with Gasteiger partial charge in [-0.1, -0.05) is 19.4 Å². The Morgan fingerprint density at radius 2 is 2.00 bits per heavy atom. The average Bonchev–Trinajstić information content (AvgIpc) is 2.33. The summed E-state index contributed by atoms with van der Waals surface area (Å²) in [6.07, 6.45) is 3.11. The number of carbonyl (C=O) groups excluding carboxylic acids is 1. The Morgan fingerprint density at radius 3 is 2.56 bits per heavy atom. The van der Waals surface area contributed by atoms with E-state index in [4.69, 9.17) is 4.74 Å². The highest BCUT2D eigenvalue weighted by Gasteiger charge is 2.10. The van der Waals surface area contributed by atoms with E-state index in [1.807, 2.05) is 6.92 Å². The van der Waals surface area contributed by atoms with E-state index in [-0.39, 0.29) is 17.5 Å². The molecule has 0 aliphatic rings. The standard InChI is InChI=1S/C14H18O4/c1-3-5-11(14(17)18-4-2)8-10-6-7-12(15)13(16)9-10/h6-9,15-16H,3-5H2,1-2H3/b11-8+. The molecule has 0 aliphatic carbocycles. The molecule has 0 heterocycles. The van der Waals surface area contributed by atoms with Crippen molar-refractivity contribution in [3.8, 4) is 11.5 Å². The topological polar surface area (TPSA) is 66.8 Å². The van der Waals surface area contributed by atoms with Crippen LogP contribution in [0.1, 0.15) is 32.3 Å². The zero-order chi connectivity index (χ0) is 13.5. The number of benzene rings is 1. The maximum Gasteiger partial charge on any atom is 0.334 e. The molecule has 1 aromatic carbocycles. The van der Waals surface area contributed by atoms with Gasteiger partial charge in [-0.05, 0) is 37.1 Å². The van der Waals surface area contributed by atoms with E-state index in [0.717, 1.165) is 6.42 Å². The molecule has 0 bridgehead atoms. The van der Waals surface area contributed by atoms with E-state index in [0.29, 0.717) is 24.2 Å². The Kier molecular flexibility index (Phi) is 5.24. The summed E-state index contributed by atoms with van der Waals surface area (Å²) < 4.78 is 4.96. The van der Waals surface area contributed by atoms with Crippen molar-refractivity contribution in [2.75, 3.05) is 6.61 Å². The lowest BCUT2D eigenvalue weighted by molar-refractivity contribution is -0.138. The highest BCUT2D eigenvalue weighted by atomic mass is 16.5. The van der Waals surface area contributed by atoms with Crippen LogP contribution < -0.4 is 0 Å². The zero-order valence-corrected chi connectivity index (χ0v) is 10.6. The van der Waals surface area contributed by atoms with E-state index in [1.54, 1.807) is 19.1 Å². The fourth-order valence-corrected chi connectivity index (χ4v) is 1.56. The Morgan fingerprint density at radius 1 is 1.28 bits per heavy atom. The second-order valence-corrected chi connectivity index (χ2v) is 3.89. The molecule has 0 unspecified atom stereocenters. The van der Waals surface area contributed by atoms with E-state index in [2.05, 4.69) is 0 Å². The molecule has 1 rings (SSSR count). The van der Waals surface area contributed by atoms with Gasteiger partial charge in [-0.15, -0.1) is 0 Å². The van der Waals surface area contributed by atoms with Gasteiger partial charge in [0.25, 0.3) is 0 Å². The summed E-state index contributed by atoms with van der Waals surface area (Å²) in [5.41, 5.74) is 1.21. The Labute approximate surface area is 107 Å². The summed E-state index contributed by atoms with van der Waals surface area (Å²) in [7, 11) is 0. The second kappa shape index (κ2) is 6.69. The fourth-order valence-electron chi connectivity index (χ4n) is 1.56. The summed E-state index contributed by atoms with van der Waals surface area (Å²) in [6, 6.07) is 4.42. The molecular weight excluding hydrogens is 232 g/mol. The second-order valence-electron chi connectivity index (χ2n) is 3.89. The van der Waals surface area contributed by atoms with Crippen molar-refractivity contribution in [1.82, 2.24) is 0 Å². The van der Waals surface area contributed by atoms with Crippen molar-refractivity contribution in [3.05, 3.63) is 29.3 Å². The van der Waals surface area contributed by atoms with Crippen LogP contribution >= 0.6 is 0 Å². The highest BCUT2D eigenvalue weighted by Crippen LogP contribution is 2.26. The normalized spacial score (nSPS) is 11.3. The van der Waals surface area contributed by atoms with Gasteiger partial charge in [0, 0.05) is 5.57 Å². The van der Waals surface area contributed by atoms with Crippen LogP contribution in [0.4, 0.5) is 0 Å². The molecule has 0 fully saturated rings. The van der Waals surface area contributed by atoms with Crippen LogP contribution in [0.5, 0.6) is 11.5 Å². The first-order chi connectivity index (χ1) is 8.58. The van der Waals surface area contributed by atoms with Gasteiger partial charge in [0.1, 0.15) is 0 Å². The van der Waals surface area contributed by atoms with Crippen LogP contribution in [0.15, 0.2) is 23.8 Å². The van der Waals surface area contributed by atoms with Crippen molar-refractivity contribution >= 4 is 12.0 Å². The number of phenols is 2. The number of ether oxygens (including phenoxy) is 1. The number of carbonyl (C=O) groups is 1. The minimum atomic E-state index is -0.341. The number of hydrogen-bond donors (Lipinski definition) is 2. The van der Waals surface area contributed by atoms with Crippen LogP contribution in [-0.2, 0) is 9.53 Å². The summed E-state index contributed by atoms with van der Waals surface area (Å²) >= 11 is 0. The number of hydrogen-bond acceptors (Lipinski definition) is 4. The molecule has 2 N–H and O–H groups in total. The quantitative estimate of drug-likeness (QED) is 0.479. The molecule has 0 saturated heterocycles. The molecule has 0 radical (unpaired) electrons. The Bertz CT molecular complexity index is 449. The Hall–Kier alpha value is -1.97. The molecule has 0 aliphatic heterocycles. The monoisotopic (exact) mass is 250 g/mol. The van der Waals surface area contributed by atoms with Gasteiger partial charge in [0.2, 0.25) is 0 Å². The molecule has 98 valence electrons. The fraction of sp³-hybridized carbons (Fsp3) is 0.357. The largest absolute Gasteiger partial charge is 0.504 e. The Balaban J connectivity index is 2.99. The minimum absolute atomic E-state index is 0.180. The molecule has 0 amide bonds. The third kappa shape index (κ3) is 3.80. The van der Waals surface area contributed by atoms with Gasteiger partial charge in [0.15, 0.2) is 11.5 Å². The van der Waals surface area contributed by atoms with Crippen LogP contribution in [0.25, 0.3) is 6.08 Å². The first kappa shape index (κ1) is 14.1. The average molecular weight is 250 g/mol. The minimum Gasteiger partial charge on any atom is -0.504 e. The van der Waals surface area contributed by atoms with Crippen molar-refractivity contribution in [2.24, 2.45) is 0 Å². The van der Waals surface area contributed by atoms with Crippen LogP contribution in [0, 0.1) is 0 Å². The van der Waals surface area contributed by atoms with Gasteiger partial charge in [-0.3, -0.25) is 0 Å². The molecule has 4 nitrogen and oxygen atoms in total. The first-order valence-corrected chi connectivity index (χ1v) is 5.98. The molecule has 18 heavy (non-hydrogen) atoms. The van der Waals surface area contributed by atoms with Crippen LogP contribution in [0.3, 0.4) is 0 Å². The van der Waals surface area contributed by atoms with Gasteiger partial charge >= 0.3 is 5.97 Å². The lowest BCUT2D eigenvalue weighted by Gasteiger charge is -2.06. The SMILES string of the molecule is CCC/C(=C\c1ccc(O)c(O)c1)C(=O)OCC. The van der Waals surface area contributed by atoms with Gasteiger partial charge in [0.05, 0.1) is 6.61 Å². The van der Waals surface area contributed by atoms with Gasteiger partial charge in [-0.25, -0.2) is 4.79 Å². The van der Waals surface area contributed by atoms with Crippen molar-refractivity contribution in [3.63, 3.8) is 0 Å². The summed E-state index contributed by atoms with van der Waals surface area (Å²) in [5, 5.41) is 18.6. The number of esters is 1. The summed E-state index contributed by atoms with van der Waals surface area (Å²) in [4.78, 5) is 11.7. The van der Waals surface area contributed by atoms with E-state index >= 15 is 0 Å². The molecular formula is C14H18O4. The predicted octanol–water partition coefficient (Wildman–Crippen LogP) is 2.84. The predicted molar refractivity (Wildman–Crippen MR) is 69.3 cm³/mol. The number of rotatable bonds is 5. The molecule has 0 aromatic heterocycles. The zero-order valence-electron chi connectivity index (χ0n) is 10.6. The van der Waals surface area contributed by atoms with Crippen LogP contribution in [-0.4, -0.2) is 22.8 Å². The lowest BCUT2D eigenvalue weighted by atomic mass is 10.1. The highest BCUT2D eigenvalue weighted by molar-refractivity contribution is 5.93. The summed E-state index contributed by atoms with van der Waals surface area (Å²) in [6.45, 7) is 4.07. The van der Waals surface area contributed by atoms with E-state index < -0.39 is 0 Å². The lowest BCUT2D eigenvalue weighted by Crippen LogP contribution is -2.07. The van der Waals surface area contributed by atoms with E-state index in [1.165, 1.54) is 12.1 Å². The molecule has 0 atom stereocenters. The number of phenolic OH excluding ortho intramolecular Hbond substituents is 2. The number of aromatic hydroxyl groups is 2. The molecule has 1 aromatic rings. The first-order valence-electron chi connectivity index (χ1n) is 5.98. The smallest absolute Gasteiger partial charge is 0.334 e. The molecule has 4 heteroatoms. The van der Waals surface area contributed by atoms with Crippen molar-refractivity contribution < 1.29 is 19.7 Å². The van der Waals surface area contributed by atoms with Crippen molar-refractivity contribution in [2.45, 2.75) is 26.7 Å². The third-order valence-electron chi connectivity index (χ3n) is 2.40.